The molecule has 2 rings (SSSR count). The van der Waals surface area contributed by atoms with Gasteiger partial charge in [0.1, 0.15) is 0 Å². The van der Waals surface area contributed by atoms with Crippen LogP contribution in [0.2, 0.25) is 0 Å². The number of hydrogen-bond donors (Lipinski definition) is 1. The number of amides is 2. The van der Waals surface area contributed by atoms with E-state index >= 15 is 0 Å². The van der Waals surface area contributed by atoms with Crippen molar-refractivity contribution < 1.29 is 22.7 Å². The number of ether oxygens (including phenoxy) is 1. The van der Waals surface area contributed by atoms with Gasteiger partial charge in [0.05, 0.1) is 11.5 Å². The quantitative estimate of drug-likeness (QED) is 0.824. The minimum absolute atomic E-state index is 0.0777. The average molecular weight is 383 g/mol. The van der Waals surface area contributed by atoms with E-state index in [0.717, 1.165) is 0 Å². The Morgan fingerprint density at radius 2 is 1.81 bits per heavy atom. The van der Waals surface area contributed by atoms with E-state index in [2.05, 4.69) is 5.32 Å². The van der Waals surface area contributed by atoms with Gasteiger partial charge in [-0.25, -0.2) is 13.2 Å². The Balaban J connectivity index is 2.17. The monoisotopic (exact) mass is 383 g/mol. The fourth-order valence-electron chi connectivity index (χ4n) is 2.74. The molecule has 8 nitrogen and oxygen atoms in total. The lowest BCUT2D eigenvalue weighted by Crippen LogP contribution is -2.50. The number of benzene rings is 1. The second kappa shape index (κ2) is 8.50. The number of aryl methyl sites for hydroxylation is 1. The Bertz CT molecular complexity index is 771. The molecule has 1 heterocycles. The topological polar surface area (TPSA) is 96.0 Å². The van der Waals surface area contributed by atoms with Gasteiger partial charge in [0.2, 0.25) is 10.0 Å². The summed E-state index contributed by atoms with van der Waals surface area (Å²) in [5, 5.41) is 2.69. The zero-order chi connectivity index (χ0) is 19.3. The van der Waals surface area contributed by atoms with Crippen LogP contribution in [0.15, 0.2) is 23.1 Å². The van der Waals surface area contributed by atoms with E-state index in [1.807, 2.05) is 0 Å². The van der Waals surface area contributed by atoms with E-state index in [0.29, 0.717) is 17.7 Å². The van der Waals surface area contributed by atoms with Crippen LogP contribution in [0.25, 0.3) is 0 Å². The van der Waals surface area contributed by atoms with E-state index in [-0.39, 0.29) is 43.6 Å². The molecule has 0 spiro atoms. The minimum Gasteiger partial charge on any atom is -0.450 e. The van der Waals surface area contributed by atoms with Crippen LogP contribution in [0.4, 0.5) is 4.79 Å². The standard InChI is InChI=1S/C17H25N3O5S/c1-4-18-16(21)15-12-14(7-6-13(15)3)26(23,24)20-10-8-19(9-11-20)17(22)25-5-2/h6-7,12H,4-5,8-11H2,1-3H3,(H,18,21). The third kappa shape index (κ3) is 4.34. The van der Waals surface area contributed by atoms with Gasteiger partial charge in [-0.2, -0.15) is 4.31 Å². The van der Waals surface area contributed by atoms with Crippen LogP contribution in [0.5, 0.6) is 0 Å². The first kappa shape index (κ1) is 20.2. The number of rotatable bonds is 5. The third-order valence-corrected chi connectivity index (χ3v) is 6.09. The van der Waals surface area contributed by atoms with E-state index in [1.54, 1.807) is 26.8 Å². The van der Waals surface area contributed by atoms with Crippen LogP contribution in [0.1, 0.15) is 29.8 Å². The fraction of sp³-hybridized carbons (Fsp3) is 0.529. The van der Waals surface area contributed by atoms with Crippen LogP contribution < -0.4 is 5.32 Å². The molecule has 0 bridgehead atoms. The van der Waals surface area contributed by atoms with E-state index in [1.165, 1.54) is 21.3 Å². The second-order valence-corrected chi connectivity index (χ2v) is 7.86. The first-order valence-corrected chi connectivity index (χ1v) is 10.1. The van der Waals surface area contributed by atoms with E-state index < -0.39 is 16.1 Å². The lowest BCUT2D eigenvalue weighted by atomic mass is 10.1. The SMILES string of the molecule is CCNC(=O)c1cc(S(=O)(=O)N2CCN(C(=O)OCC)CC2)ccc1C. The number of hydrogen-bond acceptors (Lipinski definition) is 5. The van der Waals surface area contributed by atoms with E-state index in [9.17, 15) is 18.0 Å². The molecule has 0 aliphatic carbocycles. The van der Waals surface area contributed by atoms with E-state index in [4.69, 9.17) is 4.74 Å². The number of piperazine rings is 1. The summed E-state index contributed by atoms with van der Waals surface area (Å²) in [6, 6.07) is 4.55. The molecule has 1 saturated heterocycles. The summed E-state index contributed by atoms with van der Waals surface area (Å²) in [7, 11) is -3.74. The molecule has 1 aliphatic heterocycles. The Kier molecular flexibility index (Phi) is 6.60. The Hall–Kier alpha value is -2.13. The van der Waals surface area contributed by atoms with Gasteiger partial charge < -0.3 is 15.0 Å². The van der Waals surface area contributed by atoms with Crippen molar-refractivity contribution in [3.05, 3.63) is 29.3 Å². The highest BCUT2D eigenvalue weighted by atomic mass is 32.2. The molecule has 0 radical (unpaired) electrons. The van der Waals surface area contributed by atoms with Gasteiger partial charge >= 0.3 is 6.09 Å². The molecule has 26 heavy (non-hydrogen) atoms. The van der Waals surface area contributed by atoms with Crippen molar-refractivity contribution in [3.8, 4) is 0 Å². The van der Waals surface area contributed by atoms with Gasteiger partial charge in [-0.3, -0.25) is 4.79 Å². The molecule has 0 atom stereocenters. The average Bonchev–Trinajstić information content (AvgIpc) is 2.62. The Morgan fingerprint density at radius 3 is 2.38 bits per heavy atom. The van der Waals surface area contributed by atoms with Crippen molar-refractivity contribution in [1.29, 1.82) is 0 Å². The molecule has 1 aromatic carbocycles. The van der Waals surface area contributed by atoms with Crippen LogP contribution in [0, 0.1) is 6.92 Å². The van der Waals surface area contributed by atoms with Crippen LogP contribution >= 0.6 is 0 Å². The summed E-state index contributed by atoms with van der Waals surface area (Å²) in [6.45, 7) is 6.95. The van der Waals surface area contributed by atoms with Gasteiger partial charge in [0.15, 0.2) is 0 Å². The van der Waals surface area contributed by atoms with Crippen LogP contribution in [-0.2, 0) is 14.8 Å². The lowest BCUT2D eigenvalue weighted by Gasteiger charge is -2.33. The van der Waals surface area contributed by atoms with Gasteiger partial charge in [0.25, 0.3) is 5.91 Å². The maximum atomic E-state index is 12.9. The van der Waals surface area contributed by atoms with Crippen LogP contribution in [0.3, 0.4) is 0 Å². The van der Waals surface area contributed by atoms with Crippen molar-refractivity contribution >= 4 is 22.0 Å². The number of carbonyl (C=O) groups excluding carboxylic acids is 2. The summed E-state index contributed by atoms with van der Waals surface area (Å²) in [5.74, 6) is -0.297. The normalized spacial score (nSPS) is 15.6. The zero-order valence-electron chi connectivity index (χ0n) is 15.3. The molecule has 9 heteroatoms. The number of nitrogens with one attached hydrogen (secondary N) is 1. The largest absolute Gasteiger partial charge is 0.450 e. The van der Waals surface area contributed by atoms with Gasteiger partial charge in [0, 0.05) is 38.3 Å². The van der Waals surface area contributed by atoms with Crippen molar-refractivity contribution in [2.24, 2.45) is 0 Å². The highest BCUT2D eigenvalue weighted by Crippen LogP contribution is 2.21. The summed E-state index contributed by atoms with van der Waals surface area (Å²) in [6.07, 6.45) is -0.432. The molecule has 0 unspecified atom stereocenters. The smallest absolute Gasteiger partial charge is 0.409 e. The molecule has 0 aromatic heterocycles. The maximum absolute atomic E-state index is 12.9. The first-order chi connectivity index (χ1) is 12.3. The highest BCUT2D eigenvalue weighted by Gasteiger charge is 2.31. The highest BCUT2D eigenvalue weighted by molar-refractivity contribution is 7.89. The number of nitrogens with zero attached hydrogens (tertiary/aromatic N) is 2. The van der Waals surface area contributed by atoms with Crippen molar-refractivity contribution in [2.75, 3.05) is 39.3 Å². The van der Waals surface area contributed by atoms with Crippen molar-refractivity contribution in [3.63, 3.8) is 0 Å². The zero-order valence-corrected chi connectivity index (χ0v) is 16.1. The number of carbonyl (C=O) groups is 2. The molecule has 1 N–H and O–H groups in total. The Labute approximate surface area is 154 Å². The molecule has 1 fully saturated rings. The van der Waals surface area contributed by atoms with Gasteiger partial charge in [-0.1, -0.05) is 6.07 Å². The van der Waals surface area contributed by atoms with Gasteiger partial charge in [-0.05, 0) is 38.5 Å². The van der Waals surface area contributed by atoms with Crippen molar-refractivity contribution in [2.45, 2.75) is 25.7 Å². The summed E-state index contributed by atoms with van der Waals surface area (Å²) < 4.78 is 32.1. The molecule has 0 saturated carbocycles. The Morgan fingerprint density at radius 1 is 1.15 bits per heavy atom. The second-order valence-electron chi connectivity index (χ2n) is 5.93. The predicted molar refractivity (Wildman–Crippen MR) is 96.5 cm³/mol. The summed E-state index contributed by atoms with van der Waals surface area (Å²) in [5.41, 5.74) is 1.06. The minimum atomic E-state index is -3.74. The summed E-state index contributed by atoms with van der Waals surface area (Å²) >= 11 is 0. The molecule has 2 amide bonds. The maximum Gasteiger partial charge on any atom is 0.409 e. The molecular weight excluding hydrogens is 358 g/mol. The predicted octanol–water partition coefficient (Wildman–Crippen LogP) is 1.21. The summed E-state index contributed by atoms with van der Waals surface area (Å²) in [4.78, 5) is 25.4. The molecule has 144 valence electrons. The molecule has 1 aromatic rings. The third-order valence-electron chi connectivity index (χ3n) is 4.19. The van der Waals surface area contributed by atoms with Gasteiger partial charge in [-0.15, -0.1) is 0 Å². The number of sulfonamides is 1. The lowest BCUT2D eigenvalue weighted by molar-refractivity contribution is 0.0931. The first-order valence-electron chi connectivity index (χ1n) is 8.62. The molecule has 1 aliphatic rings. The van der Waals surface area contributed by atoms with Crippen LogP contribution in [-0.4, -0.2) is 69.0 Å². The van der Waals surface area contributed by atoms with Crippen molar-refractivity contribution in [1.82, 2.24) is 14.5 Å². The molecular formula is C17H25N3O5S. The fourth-order valence-corrected chi connectivity index (χ4v) is 4.19.